The van der Waals surface area contributed by atoms with Crippen LogP contribution in [0.5, 0.6) is 17.2 Å². The third-order valence-electron chi connectivity index (χ3n) is 7.17. The lowest BCUT2D eigenvalue weighted by Crippen LogP contribution is -2.52. The minimum absolute atomic E-state index is 0.0262. The molecule has 2 aliphatic rings. The number of rotatable bonds is 6. The summed E-state index contributed by atoms with van der Waals surface area (Å²) < 4.78 is 51.8. The van der Waals surface area contributed by atoms with E-state index in [1.54, 1.807) is 14.2 Å². The molecule has 4 rings (SSSR count). The van der Waals surface area contributed by atoms with Crippen LogP contribution in [0.4, 0.5) is 23.7 Å². The van der Waals surface area contributed by atoms with E-state index in [0.29, 0.717) is 17.2 Å². The summed E-state index contributed by atoms with van der Waals surface area (Å²) in [7, 11) is 5.36. The summed E-state index contributed by atoms with van der Waals surface area (Å²) in [4.78, 5) is 14.9. The number of alkyl halides is 3. The van der Waals surface area contributed by atoms with E-state index in [9.17, 15) is 18.0 Å². The van der Waals surface area contributed by atoms with Gasteiger partial charge in [-0.1, -0.05) is 6.07 Å². The molecule has 0 unspecified atom stereocenters. The van der Waals surface area contributed by atoms with E-state index in [-0.39, 0.29) is 23.2 Å². The Bertz CT molecular complexity index is 1050. The predicted octanol–water partition coefficient (Wildman–Crippen LogP) is 4.92. The number of amides is 2. The molecule has 190 valence electrons. The van der Waals surface area contributed by atoms with Crippen LogP contribution in [0.1, 0.15) is 31.2 Å². The summed E-state index contributed by atoms with van der Waals surface area (Å²) in [6.45, 7) is 0.963. The first-order valence-corrected chi connectivity index (χ1v) is 11.5. The zero-order chi connectivity index (χ0) is 25.2. The van der Waals surface area contributed by atoms with Gasteiger partial charge in [0.05, 0.1) is 14.2 Å². The van der Waals surface area contributed by atoms with E-state index < -0.39 is 12.4 Å². The fourth-order valence-corrected chi connectivity index (χ4v) is 5.49. The number of methoxy groups -OCH3 is 2. The van der Waals surface area contributed by atoms with Crippen molar-refractivity contribution in [3.05, 3.63) is 48.0 Å². The van der Waals surface area contributed by atoms with Crippen LogP contribution >= 0.6 is 0 Å². The molecule has 2 amide bonds. The number of urea groups is 1. The van der Waals surface area contributed by atoms with E-state index in [2.05, 4.69) is 39.5 Å². The van der Waals surface area contributed by atoms with Crippen molar-refractivity contribution in [2.45, 2.75) is 49.5 Å². The number of hydrogen-bond acceptors (Lipinski definition) is 5. The lowest BCUT2D eigenvalue weighted by molar-refractivity contribution is -0.274. The van der Waals surface area contributed by atoms with Crippen molar-refractivity contribution in [1.29, 1.82) is 0 Å². The van der Waals surface area contributed by atoms with E-state index in [0.717, 1.165) is 44.4 Å². The predicted molar refractivity (Wildman–Crippen MR) is 125 cm³/mol. The maximum absolute atomic E-state index is 12.6. The molecule has 0 bridgehead atoms. The van der Waals surface area contributed by atoms with Crippen molar-refractivity contribution >= 4 is 11.7 Å². The Balaban J connectivity index is 1.41. The number of nitrogens with zero attached hydrogens (tertiary/aromatic N) is 1. The largest absolute Gasteiger partial charge is 0.573 e. The number of likely N-dealkylation sites (tertiary alicyclic amines) is 1. The van der Waals surface area contributed by atoms with Crippen molar-refractivity contribution < 1.29 is 32.2 Å². The van der Waals surface area contributed by atoms with Gasteiger partial charge in [0, 0.05) is 23.2 Å². The first-order valence-electron chi connectivity index (χ1n) is 11.5. The highest BCUT2D eigenvalue weighted by Crippen LogP contribution is 2.49. The molecule has 7 nitrogen and oxygen atoms in total. The van der Waals surface area contributed by atoms with Crippen LogP contribution in [0, 0.1) is 0 Å². The molecule has 2 aromatic carbocycles. The van der Waals surface area contributed by atoms with Crippen molar-refractivity contribution in [2.24, 2.45) is 0 Å². The number of nitrogens with one attached hydrogen (secondary N) is 2. The molecule has 1 heterocycles. The molecule has 1 saturated heterocycles. The SMILES string of the molecule is COc1ccc([C@@]23CC[C@@H](NC(=O)Nc4ccc(OC(F)(F)F)cc4)C[C@@H]2N(C)CC3)cc1OC. The number of halogens is 3. The summed E-state index contributed by atoms with van der Waals surface area (Å²) in [5.41, 5.74) is 1.57. The lowest BCUT2D eigenvalue weighted by Gasteiger charge is -2.45. The van der Waals surface area contributed by atoms with Crippen LogP contribution in [0.2, 0.25) is 0 Å². The first kappa shape index (κ1) is 25.0. The Labute approximate surface area is 202 Å². The second-order valence-electron chi connectivity index (χ2n) is 9.11. The fourth-order valence-electron chi connectivity index (χ4n) is 5.49. The maximum Gasteiger partial charge on any atom is 0.573 e. The van der Waals surface area contributed by atoms with Crippen LogP contribution < -0.4 is 24.8 Å². The van der Waals surface area contributed by atoms with Gasteiger partial charge in [-0.05, 0) is 81.2 Å². The number of hydrogen-bond donors (Lipinski definition) is 2. The highest BCUT2D eigenvalue weighted by Gasteiger charge is 2.50. The monoisotopic (exact) mass is 493 g/mol. The van der Waals surface area contributed by atoms with Gasteiger partial charge in [0.2, 0.25) is 0 Å². The molecule has 3 atom stereocenters. The summed E-state index contributed by atoms with van der Waals surface area (Å²) in [5.74, 6) is 1.06. The average molecular weight is 494 g/mol. The van der Waals surface area contributed by atoms with Gasteiger partial charge in [0.25, 0.3) is 0 Å². The number of benzene rings is 2. The molecule has 35 heavy (non-hydrogen) atoms. The fraction of sp³-hybridized carbons (Fsp3) is 0.480. The number of ether oxygens (including phenoxy) is 3. The van der Waals surface area contributed by atoms with Gasteiger partial charge >= 0.3 is 12.4 Å². The molecule has 2 N–H and O–H groups in total. The molecule has 1 saturated carbocycles. The Kier molecular flexibility index (Phi) is 7.02. The molecule has 0 spiro atoms. The van der Waals surface area contributed by atoms with Gasteiger partial charge in [-0.2, -0.15) is 0 Å². The molecular formula is C25H30F3N3O4. The van der Waals surface area contributed by atoms with Gasteiger partial charge in [-0.15, -0.1) is 13.2 Å². The molecule has 0 aromatic heterocycles. The smallest absolute Gasteiger partial charge is 0.493 e. The van der Waals surface area contributed by atoms with Crippen molar-refractivity contribution in [2.75, 3.05) is 33.1 Å². The Hall–Kier alpha value is -3.14. The Morgan fingerprint density at radius 3 is 2.43 bits per heavy atom. The van der Waals surface area contributed by atoms with Crippen LogP contribution in [0.25, 0.3) is 0 Å². The average Bonchev–Trinajstić information content (AvgIpc) is 3.16. The minimum atomic E-state index is -4.76. The molecule has 2 fully saturated rings. The first-order chi connectivity index (χ1) is 16.6. The van der Waals surface area contributed by atoms with Crippen LogP contribution in [0.3, 0.4) is 0 Å². The lowest BCUT2D eigenvalue weighted by atomic mass is 9.65. The van der Waals surface area contributed by atoms with E-state index in [4.69, 9.17) is 9.47 Å². The highest BCUT2D eigenvalue weighted by molar-refractivity contribution is 5.89. The second kappa shape index (κ2) is 9.85. The topological polar surface area (TPSA) is 72.1 Å². The third kappa shape index (κ3) is 5.42. The highest BCUT2D eigenvalue weighted by atomic mass is 19.4. The van der Waals surface area contributed by atoms with Crippen molar-refractivity contribution in [3.8, 4) is 17.2 Å². The van der Waals surface area contributed by atoms with Gasteiger partial charge in [-0.3, -0.25) is 0 Å². The van der Waals surface area contributed by atoms with Gasteiger partial charge in [0.1, 0.15) is 5.75 Å². The van der Waals surface area contributed by atoms with Crippen molar-refractivity contribution in [1.82, 2.24) is 10.2 Å². The Morgan fingerprint density at radius 2 is 1.77 bits per heavy atom. The summed E-state index contributed by atoms with van der Waals surface area (Å²) in [5, 5.41) is 5.72. The number of anilines is 1. The van der Waals surface area contributed by atoms with Crippen LogP contribution in [-0.4, -0.2) is 57.2 Å². The molecule has 0 radical (unpaired) electrons. The maximum atomic E-state index is 12.6. The van der Waals surface area contributed by atoms with Gasteiger partial charge < -0.3 is 29.7 Å². The summed E-state index contributed by atoms with van der Waals surface area (Å²) in [6, 6.07) is 11.0. The molecule has 2 aromatic rings. The number of carbonyl (C=O) groups excluding carboxylic acids is 1. The van der Waals surface area contributed by atoms with Crippen molar-refractivity contribution in [3.63, 3.8) is 0 Å². The number of fused-ring (bicyclic) bond motifs is 1. The second-order valence-corrected chi connectivity index (χ2v) is 9.11. The van der Waals surface area contributed by atoms with Crippen LogP contribution in [-0.2, 0) is 5.41 Å². The number of likely N-dealkylation sites (N-methyl/N-ethyl adjacent to an activating group) is 1. The molecule has 1 aliphatic heterocycles. The zero-order valence-electron chi connectivity index (χ0n) is 19.9. The quantitative estimate of drug-likeness (QED) is 0.598. The summed E-state index contributed by atoms with van der Waals surface area (Å²) in [6.07, 6.45) is -1.23. The van der Waals surface area contributed by atoms with E-state index in [1.807, 2.05) is 6.07 Å². The van der Waals surface area contributed by atoms with Crippen LogP contribution in [0.15, 0.2) is 42.5 Å². The third-order valence-corrected chi connectivity index (χ3v) is 7.17. The minimum Gasteiger partial charge on any atom is -0.493 e. The normalized spacial score (nSPS) is 24.4. The van der Waals surface area contributed by atoms with Gasteiger partial charge in [-0.25, -0.2) is 4.79 Å². The van der Waals surface area contributed by atoms with E-state index in [1.165, 1.54) is 17.7 Å². The van der Waals surface area contributed by atoms with E-state index >= 15 is 0 Å². The van der Waals surface area contributed by atoms with Gasteiger partial charge in [0.15, 0.2) is 11.5 Å². The number of carbonyl (C=O) groups is 1. The standard InChI is InChI=1S/C25H30F3N3O4/c1-31-13-12-24(16-4-9-20(33-2)21(14-16)34-3)11-10-18(15-22(24)31)30-23(32)29-17-5-7-19(8-6-17)35-25(26,27)28/h4-9,14,18,22H,10-13,15H2,1-3H3,(H2,29,30,32)/t18-,22+,24+/m1/s1. The molecule has 1 aliphatic carbocycles. The zero-order valence-corrected chi connectivity index (χ0v) is 19.9. The Morgan fingerprint density at radius 1 is 1.06 bits per heavy atom. The molecular weight excluding hydrogens is 463 g/mol. The molecule has 10 heteroatoms. The summed E-state index contributed by atoms with van der Waals surface area (Å²) >= 11 is 0.